The van der Waals surface area contributed by atoms with E-state index in [4.69, 9.17) is 0 Å². The highest BCUT2D eigenvalue weighted by atomic mass is 15.2. The van der Waals surface area contributed by atoms with E-state index in [9.17, 15) is 0 Å². The van der Waals surface area contributed by atoms with Crippen molar-refractivity contribution in [2.75, 3.05) is 0 Å². The van der Waals surface area contributed by atoms with E-state index in [2.05, 4.69) is 173 Å². The zero-order chi connectivity index (χ0) is 33.0. The molecule has 4 aromatic carbocycles. The summed E-state index contributed by atoms with van der Waals surface area (Å²) in [5.41, 5.74) is 12.5. The minimum Gasteiger partial charge on any atom is -0.364 e. The topological polar surface area (TPSA) is 8.17 Å². The van der Waals surface area contributed by atoms with Gasteiger partial charge in [-0.1, -0.05) is 140 Å². The van der Waals surface area contributed by atoms with Gasteiger partial charge in [0, 0.05) is 46.0 Å². The molecule has 0 amide bonds. The summed E-state index contributed by atoms with van der Waals surface area (Å²) in [4.78, 5) is 2.82. The second kappa shape index (κ2) is 12.2. The minimum atomic E-state index is 0.382. The zero-order valence-electron chi connectivity index (χ0n) is 28.4. The Balaban J connectivity index is 1.01. The molecule has 0 spiro atoms. The minimum absolute atomic E-state index is 0.382. The van der Waals surface area contributed by atoms with Crippen molar-refractivity contribution in [2.24, 2.45) is 11.8 Å². The summed E-state index contributed by atoms with van der Waals surface area (Å²) in [5.74, 6) is 1.44. The van der Waals surface area contributed by atoms with Crippen LogP contribution in [0, 0.1) is 11.8 Å². The lowest BCUT2D eigenvalue weighted by molar-refractivity contribution is 0.235. The lowest BCUT2D eigenvalue weighted by Crippen LogP contribution is -2.38. The normalized spacial score (nSPS) is 25.6. The monoisotopic (exact) mass is 646 g/mol. The van der Waals surface area contributed by atoms with Crippen LogP contribution in [0.3, 0.4) is 0 Å². The first-order chi connectivity index (χ1) is 24.8. The number of nitrogens with zero attached hydrogens (tertiary/aromatic N) is 2. The Morgan fingerprint density at radius 3 is 1.88 bits per heavy atom. The Morgan fingerprint density at radius 2 is 1.16 bits per heavy atom. The average molecular weight is 647 g/mol. The van der Waals surface area contributed by atoms with Crippen molar-refractivity contribution in [3.8, 4) is 0 Å². The maximum atomic E-state index is 2.82. The SMILES string of the molecule is C1=CC2C3C=CC(c4ccc5c6ccccc6n(C6=CC=C(c7ccccc7)CC6)c5c4)CC3N(C3=CC=C(c4ccccc4)CC3)C2C=C1. The van der Waals surface area contributed by atoms with Crippen LogP contribution in [0.25, 0.3) is 38.6 Å². The van der Waals surface area contributed by atoms with Gasteiger partial charge in [0.05, 0.1) is 17.1 Å². The maximum absolute atomic E-state index is 2.82. The van der Waals surface area contributed by atoms with Gasteiger partial charge >= 0.3 is 0 Å². The van der Waals surface area contributed by atoms with Crippen LogP contribution in [0.15, 0.2) is 170 Å². The molecule has 1 fully saturated rings. The third kappa shape index (κ3) is 4.92. The van der Waals surface area contributed by atoms with E-state index in [1.165, 1.54) is 61.0 Å². The quantitative estimate of drug-likeness (QED) is 0.173. The molecule has 1 aliphatic heterocycles. The van der Waals surface area contributed by atoms with Gasteiger partial charge in [-0.15, -0.1) is 0 Å². The van der Waals surface area contributed by atoms with Gasteiger partial charge in [0.25, 0.3) is 0 Å². The van der Waals surface area contributed by atoms with Crippen LogP contribution in [0.4, 0.5) is 0 Å². The summed E-state index contributed by atoms with van der Waals surface area (Å²) in [6.07, 6.45) is 29.5. The Kier molecular flexibility index (Phi) is 7.22. The molecule has 5 atom stereocenters. The number of benzene rings is 4. The molecule has 2 nitrogen and oxygen atoms in total. The van der Waals surface area contributed by atoms with Crippen molar-refractivity contribution < 1.29 is 0 Å². The number of aromatic nitrogens is 1. The molecule has 1 saturated heterocycles. The molecule has 5 aliphatic rings. The second-order valence-electron chi connectivity index (χ2n) is 14.7. The molecule has 4 aliphatic carbocycles. The highest BCUT2D eigenvalue weighted by molar-refractivity contribution is 6.10. The standard InChI is InChI=1S/C48H42N2/c1-3-11-33(12-4-1)35-19-25-39(26-20-35)49-45-17-9-7-15-41(45)43-29-23-37(31-47(43)49)38-24-30-44-42-16-8-10-18-46(42)50(48(44)32-38)40-27-21-36(22-28-40)34-13-5-2-6-14-34/h1-19,21,23-25,27,29-31,38,42,44,46,48H,20,22,26,28,32H2. The van der Waals surface area contributed by atoms with Gasteiger partial charge in [-0.25, -0.2) is 0 Å². The van der Waals surface area contributed by atoms with E-state index in [-0.39, 0.29) is 0 Å². The van der Waals surface area contributed by atoms with Gasteiger partial charge in [-0.05, 0) is 84.2 Å². The van der Waals surface area contributed by atoms with Gasteiger partial charge in [0.1, 0.15) is 0 Å². The van der Waals surface area contributed by atoms with Crippen LogP contribution in [0.5, 0.6) is 0 Å². The maximum Gasteiger partial charge on any atom is 0.0545 e. The molecule has 2 heteroatoms. The molecule has 5 unspecified atom stereocenters. The second-order valence-corrected chi connectivity index (χ2v) is 14.7. The molecule has 0 radical (unpaired) electrons. The van der Waals surface area contributed by atoms with Crippen LogP contribution in [-0.2, 0) is 0 Å². The van der Waals surface area contributed by atoms with Crippen molar-refractivity contribution in [1.29, 1.82) is 0 Å². The highest BCUT2D eigenvalue weighted by Gasteiger charge is 2.48. The smallest absolute Gasteiger partial charge is 0.0545 e. The first-order valence-corrected chi connectivity index (χ1v) is 18.6. The number of hydrogen-bond acceptors (Lipinski definition) is 1. The summed E-state index contributed by atoms with van der Waals surface area (Å²) >= 11 is 0. The van der Waals surface area contributed by atoms with Gasteiger partial charge in [-0.3, -0.25) is 0 Å². The summed E-state index contributed by atoms with van der Waals surface area (Å²) in [6, 6.07) is 39.0. The van der Waals surface area contributed by atoms with Gasteiger partial charge < -0.3 is 9.47 Å². The Morgan fingerprint density at radius 1 is 0.500 bits per heavy atom. The van der Waals surface area contributed by atoms with E-state index in [1.54, 1.807) is 0 Å². The van der Waals surface area contributed by atoms with Gasteiger partial charge in [-0.2, -0.15) is 0 Å². The molecule has 2 heterocycles. The third-order valence-corrected chi connectivity index (χ3v) is 12.1. The fraction of sp³-hybridized carbons (Fsp3) is 0.208. The lowest BCUT2D eigenvalue weighted by Gasteiger charge is -2.38. The zero-order valence-corrected chi connectivity index (χ0v) is 28.4. The molecule has 0 saturated carbocycles. The lowest BCUT2D eigenvalue weighted by atomic mass is 9.76. The molecule has 244 valence electrons. The van der Waals surface area contributed by atoms with Crippen LogP contribution in [0.2, 0.25) is 0 Å². The summed E-state index contributed by atoms with van der Waals surface area (Å²) in [7, 11) is 0. The first-order valence-electron chi connectivity index (χ1n) is 18.6. The molecule has 0 N–H and O–H groups in total. The van der Waals surface area contributed by atoms with E-state index >= 15 is 0 Å². The average Bonchev–Trinajstić information content (AvgIpc) is 3.71. The Labute approximate surface area is 295 Å². The van der Waals surface area contributed by atoms with Crippen molar-refractivity contribution in [2.45, 2.75) is 50.1 Å². The third-order valence-electron chi connectivity index (χ3n) is 12.1. The molecular weight excluding hydrogens is 605 g/mol. The van der Waals surface area contributed by atoms with Crippen LogP contribution < -0.4 is 0 Å². The summed E-state index contributed by atoms with van der Waals surface area (Å²) < 4.78 is 2.55. The Bertz CT molecular complexity index is 2320. The number of fused-ring (bicyclic) bond motifs is 6. The fourth-order valence-electron chi connectivity index (χ4n) is 9.66. The van der Waals surface area contributed by atoms with Gasteiger partial charge in [0.15, 0.2) is 0 Å². The predicted octanol–water partition coefficient (Wildman–Crippen LogP) is 11.7. The molecule has 50 heavy (non-hydrogen) atoms. The first kappa shape index (κ1) is 29.6. The van der Waals surface area contributed by atoms with Crippen LogP contribution >= 0.6 is 0 Å². The number of likely N-dealkylation sites (tertiary alicyclic amines) is 1. The van der Waals surface area contributed by atoms with Crippen LogP contribution in [0.1, 0.15) is 54.7 Å². The number of allylic oxidation sites excluding steroid dienone is 11. The predicted molar refractivity (Wildman–Crippen MR) is 210 cm³/mol. The number of hydrogen-bond donors (Lipinski definition) is 0. The van der Waals surface area contributed by atoms with E-state index < -0.39 is 0 Å². The largest absolute Gasteiger partial charge is 0.364 e. The molecule has 0 bridgehead atoms. The molecule has 5 aromatic rings. The van der Waals surface area contributed by atoms with Crippen molar-refractivity contribution in [3.05, 3.63) is 186 Å². The molecule has 10 rings (SSSR count). The van der Waals surface area contributed by atoms with E-state index in [0.717, 1.165) is 32.1 Å². The number of para-hydroxylation sites is 1. The van der Waals surface area contributed by atoms with Crippen molar-refractivity contribution in [1.82, 2.24) is 9.47 Å². The van der Waals surface area contributed by atoms with Crippen molar-refractivity contribution >= 4 is 38.6 Å². The van der Waals surface area contributed by atoms with E-state index in [0.29, 0.717) is 29.8 Å². The Hall–Kier alpha value is -5.34. The van der Waals surface area contributed by atoms with Gasteiger partial charge in [0.2, 0.25) is 0 Å². The summed E-state index contributed by atoms with van der Waals surface area (Å²) in [6.45, 7) is 0. The number of rotatable bonds is 5. The van der Waals surface area contributed by atoms with E-state index in [1.807, 2.05) is 0 Å². The molecule has 1 aromatic heterocycles. The fourth-order valence-corrected chi connectivity index (χ4v) is 9.66. The highest BCUT2D eigenvalue weighted by Crippen LogP contribution is 2.50. The molecular formula is C48H42N2. The summed E-state index contributed by atoms with van der Waals surface area (Å²) in [5, 5.41) is 2.68. The van der Waals surface area contributed by atoms with Crippen molar-refractivity contribution in [3.63, 3.8) is 0 Å². The van der Waals surface area contributed by atoms with Crippen LogP contribution in [-0.4, -0.2) is 21.6 Å².